The summed E-state index contributed by atoms with van der Waals surface area (Å²) in [7, 11) is 0. The van der Waals surface area contributed by atoms with Crippen molar-refractivity contribution in [3.63, 3.8) is 0 Å². The van der Waals surface area contributed by atoms with E-state index in [0.717, 1.165) is 11.1 Å². The van der Waals surface area contributed by atoms with Crippen LogP contribution in [0.15, 0.2) is 18.2 Å². The predicted molar refractivity (Wildman–Crippen MR) is 55.0 cm³/mol. The van der Waals surface area contributed by atoms with Gasteiger partial charge in [-0.2, -0.15) is 10.5 Å². The van der Waals surface area contributed by atoms with Gasteiger partial charge in [-0.05, 0) is 31.0 Å². The first kappa shape index (κ1) is 10.9. The molecule has 0 spiro atoms. The molecule has 1 aromatic rings. The Balaban J connectivity index is 3.09. The molecule has 0 unspecified atom stereocenters. The van der Waals surface area contributed by atoms with Crippen molar-refractivity contribution in [1.82, 2.24) is 0 Å². The van der Waals surface area contributed by atoms with Crippen molar-refractivity contribution in [2.75, 3.05) is 0 Å². The largest absolute Gasteiger partial charge is 0.291 e. The number of benzene rings is 1. The average Bonchev–Trinajstić information content (AvgIpc) is 2.23. The second-order valence-corrected chi connectivity index (χ2v) is 3.35. The van der Waals surface area contributed by atoms with Gasteiger partial charge in [-0.25, -0.2) is 0 Å². The zero-order valence-electron chi connectivity index (χ0n) is 8.61. The van der Waals surface area contributed by atoms with E-state index in [1.807, 2.05) is 19.9 Å². The molecule has 15 heavy (non-hydrogen) atoms. The van der Waals surface area contributed by atoms with Crippen LogP contribution < -0.4 is 0 Å². The number of hydrogen-bond donors (Lipinski definition) is 0. The first-order chi connectivity index (χ1) is 7.10. The summed E-state index contributed by atoms with van der Waals surface area (Å²) < 4.78 is 0. The Kier molecular flexibility index (Phi) is 3.21. The highest BCUT2D eigenvalue weighted by molar-refractivity contribution is 6.01. The standard InChI is InChI=1S/C12H10N2O/c1-8-3-4-10(5-9(8)2)12(15)11(6-13)7-14/h3-5,11H,1-2H3. The maximum atomic E-state index is 11.6. The lowest BCUT2D eigenvalue weighted by atomic mass is 9.97. The maximum absolute atomic E-state index is 11.6. The zero-order chi connectivity index (χ0) is 11.4. The summed E-state index contributed by atoms with van der Waals surface area (Å²) in [5.74, 6) is -1.63. The molecule has 0 fully saturated rings. The lowest BCUT2D eigenvalue weighted by Gasteiger charge is -2.04. The molecule has 0 aromatic heterocycles. The van der Waals surface area contributed by atoms with E-state index in [2.05, 4.69) is 0 Å². The van der Waals surface area contributed by atoms with Crippen molar-refractivity contribution in [3.05, 3.63) is 34.9 Å². The molecule has 0 aliphatic carbocycles. The Labute approximate surface area is 88.6 Å². The molecule has 0 saturated carbocycles. The quantitative estimate of drug-likeness (QED) is 0.684. The molecule has 0 amide bonds. The number of nitriles is 2. The number of nitrogens with zero attached hydrogens (tertiary/aromatic N) is 2. The summed E-state index contributed by atoms with van der Waals surface area (Å²) in [6, 6.07) is 8.51. The van der Waals surface area contributed by atoms with Crippen LogP contribution >= 0.6 is 0 Å². The first-order valence-electron chi connectivity index (χ1n) is 4.51. The van der Waals surface area contributed by atoms with Crippen LogP contribution in [0.2, 0.25) is 0 Å². The molecule has 3 nitrogen and oxygen atoms in total. The number of carbonyl (C=O) groups is 1. The summed E-state index contributed by atoms with van der Waals surface area (Å²) in [6.45, 7) is 3.83. The summed E-state index contributed by atoms with van der Waals surface area (Å²) in [5.41, 5.74) is 2.48. The first-order valence-corrected chi connectivity index (χ1v) is 4.51. The van der Waals surface area contributed by atoms with Gasteiger partial charge in [0.1, 0.15) is 0 Å². The fourth-order valence-corrected chi connectivity index (χ4v) is 1.21. The van der Waals surface area contributed by atoms with Crippen molar-refractivity contribution >= 4 is 5.78 Å². The molecule has 0 atom stereocenters. The van der Waals surface area contributed by atoms with Crippen molar-refractivity contribution in [1.29, 1.82) is 10.5 Å². The Hall–Kier alpha value is -2.13. The molecule has 0 N–H and O–H groups in total. The van der Waals surface area contributed by atoms with E-state index in [9.17, 15) is 4.79 Å². The Morgan fingerprint density at radius 3 is 2.27 bits per heavy atom. The van der Waals surface area contributed by atoms with E-state index in [1.165, 1.54) is 0 Å². The Morgan fingerprint density at radius 1 is 1.20 bits per heavy atom. The lowest BCUT2D eigenvalue weighted by molar-refractivity contribution is 0.0971. The van der Waals surface area contributed by atoms with Gasteiger partial charge in [0.05, 0.1) is 12.1 Å². The van der Waals surface area contributed by atoms with Crippen LogP contribution in [0.5, 0.6) is 0 Å². The van der Waals surface area contributed by atoms with Gasteiger partial charge in [0, 0.05) is 5.56 Å². The number of Topliss-reactive ketones (excluding diaryl/α,β-unsaturated/α-hetero) is 1. The van der Waals surface area contributed by atoms with E-state index in [0.29, 0.717) is 5.56 Å². The van der Waals surface area contributed by atoms with Crippen LogP contribution in [-0.2, 0) is 0 Å². The number of hydrogen-bond acceptors (Lipinski definition) is 3. The number of rotatable bonds is 2. The maximum Gasteiger partial charge on any atom is 0.195 e. The smallest absolute Gasteiger partial charge is 0.195 e. The summed E-state index contributed by atoms with van der Waals surface area (Å²) in [4.78, 5) is 11.6. The summed E-state index contributed by atoms with van der Waals surface area (Å²) in [6.07, 6.45) is 0. The fourth-order valence-electron chi connectivity index (χ4n) is 1.21. The zero-order valence-corrected chi connectivity index (χ0v) is 8.61. The molecule has 0 radical (unpaired) electrons. The highest BCUT2D eigenvalue weighted by Crippen LogP contribution is 2.13. The molecular formula is C12H10N2O. The Morgan fingerprint density at radius 2 is 1.80 bits per heavy atom. The number of aryl methyl sites for hydroxylation is 2. The highest BCUT2D eigenvalue weighted by Gasteiger charge is 2.18. The van der Waals surface area contributed by atoms with Gasteiger partial charge in [0.15, 0.2) is 11.7 Å². The minimum atomic E-state index is -1.20. The molecule has 0 aliphatic heterocycles. The minimum absolute atomic E-state index is 0.422. The van der Waals surface area contributed by atoms with E-state index < -0.39 is 11.7 Å². The molecular weight excluding hydrogens is 188 g/mol. The summed E-state index contributed by atoms with van der Waals surface area (Å²) >= 11 is 0. The minimum Gasteiger partial charge on any atom is -0.291 e. The highest BCUT2D eigenvalue weighted by atomic mass is 16.1. The molecule has 0 saturated heterocycles. The van der Waals surface area contributed by atoms with Crippen molar-refractivity contribution in [2.24, 2.45) is 5.92 Å². The van der Waals surface area contributed by atoms with Gasteiger partial charge < -0.3 is 0 Å². The second-order valence-electron chi connectivity index (χ2n) is 3.35. The van der Waals surface area contributed by atoms with E-state index in [1.54, 1.807) is 24.3 Å². The van der Waals surface area contributed by atoms with E-state index >= 15 is 0 Å². The molecule has 3 heteroatoms. The van der Waals surface area contributed by atoms with Crippen LogP contribution in [-0.4, -0.2) is 5.78 Å². The summed E-state index contributed by atoms with van der Waals surface area (Å²) in [5, 5.41) is 17.2. The third-order valence-electron chi connectivity index (χ3n) is 2.31. The Bertz CT molecular complexity index is 463. The number of ketones is 1. The van der Waals surface area contributed by atoms with Crippen LogP contribution in [0, 0.1) is 42.4 Å². The van der Waals surface area contributed by atoms with Crippen LogP contribution in [0.1, 0.15) is 21.5 Å². The van der Waals surface area contributed by atoms with Gasteiger partial charge in [0.25, 0.3) is 0 Å². The van der Waals surface area contributed by atoms with Crippen LogP contribution in [0.25, 0.3) is 0 Å². The van der Waals surface area contributed by atoms with Gasteiger partial charge in [0.2, 0.25) is 0 Å². The molecule has 74 valence electrons. The molecule has 1 aromatic carbocycles. The number of carbonyl (C=O) groups excluding carboxylic acids is 1. The van der Waals surface area contributed by atoms with Crippen molar-refractivity contribution in [3.8, 4) is 12.1 Å². The van der Waals surface area contributed by atoms with Crippen LogP contribution in [0.3, 0.4) is 0 Å². The topological polar surface area (TPSA) is 64.7 Å². The second kappa shape index (κ2) is 4.39. The van der Waals surface area contributed by atoms with Crippen molar-refractivity contribution < 1.29 is 4.79 Å². The average molecular weight is 198 g/mol. The van der Waals surface area contributed by atoms with E-state index in [4.69, 9.17) is 10.5 Å². The van der Waals surface area contributed by atoms with Crippen LogP contribution in [0.4, 0.5) is 0 Å². The molecule has 1 rings (SSSR count). The predicted octanol–water partition coefficient (Wildman–Crippen LogP) is 2.15. The van der Waals surface area contributed by atoms with Gasteiger partial charge in [-0.1, -0.05) is 12.1 Å². The lowest BCUT2D eigenvalue weighted by Crippen LogP contribution is -2.11. The van der Waals surface area contributed by atoms with E-state index in [-0.39, 0.29) is 0 Å². The monoisotopic (exact) mass is 198 g/mol. The van der Waals surface area contributed by atoms with Gasteiger partial charge in [-0.3, -0.25) is 4.79 Å². The van der Waals surface area contributed by atoms with Gasteiger partial charge >= 0.3 is 0 Å². The fraction of sp³-hybridized carbons (Fsp3) is 0.250. The third kappa shape index (κ3) is 2.21. The molecule has 0 bridgehead atoms. The molecule has 0 heterocycles. The molecule has 0 aliphatic rings. The van der Waals surface area contributed by atoms with Crippen molar-refractivity contribution in [2.45, 2.75) is 13.8 Å². The SMILES string of the molecule is Cc1ccc(C(=O)C(C#N)C#N)cc1C. The van der Waals surface area contributed by atoms with Gasteiger partial charge in [-0.15, -0.1) is 0 Å². The third-order valence-corrected chi connectivity index (χ3v) is 2.31. The normalized spacial score (nSPS) is 9.40.